The van der Waals surface area contributed by atoms with Crippen molar-refractivity contribution in [1.82, 2.24) is 4.90 Å². The fourth-order valence-corrected chi connectivity index (χ4v) is 1.68. The van der Waals surface area contributed by atoms with Gasteiger partial charge in [0.2, 0.25) is 5.96 Å². The molecule has 1 heterocycles. The van der Waals surface area contributed by atoms with Crippen LogP contribution in [-0.4, -0.2) is 42.6 Å². The van der Waals surface area contributed by atoms with E-state index in [0.29, 0.717) is 12.1 Å². The van der Waals surface area contributed by atoms with E-state index in [2.05, 4.69) is 4.99 Å². The first-order valence-corrected chi connectivity index (χ1v) is 5.18. The second-order valence-corrected chi connectivity index (χ2v) is 3.50. The van der Waals surface area contributed by atoms with Crippen molar-refractivity contribution in [2.24, 2.45) is 16.5 Å². The summed E-state index contributed by atoms with van der Waals surface area (Å²) in [5.74, 6) is 0.0804. The monoisotopic (exact) mass is 213 g/mol. The third-order valence-electron chi connectivity index (χ3n) is 2.40. The zero-order valence-electron chi connectivity index (χ0n) is 9.07. The number of ether oxygens (including phenoxy) is 1. The Labute approximate surface area is 89.8 Å². The Bertz CT molecular complexity index is 245. The van der Waals surface area contributed by atoms with Crippen molar-refractivity contribution < 1.29 is 4.74 Å². The minimum Gasteiger partial charge on any atom is -0.378 e. The van der Waals surface area contributed by atoms with Gasteiger partial charge in [0.05, 0.1) is 6.10 Å². The summed E-state index contributed by atoms with van der Waals surface area (Å²) in [7, 11) is 0. The minimum absolute atomic E-state index is 0.251. The number of rotatable bonds is 2. The maximum Gasteiger partial charge on any atom is 0.215 e. The van der Waals surface area contributed by atoms with Crippen molar-refractivity contribution in [3.05, 3.63) is 0 Å². The molecule has 0 saturated carbocycles. The zero-order valence-corrected chi connectivity index (χ0v) is 9.07. The highest BCUT2D eigenvalue weighted by Crippen LogP contribution is 2.12. The molecule has 0 radical (unpaired) electrons. The number of nitrogens with two attached hydrogens (primary N) is 2. The molecular weight excluding hydrogens is 194 g/mol. The van der Waals surface area contributed by atoms with Crippen LogP contribution in [0, 0.1) is 5.41 Å². The molecule has 6 heteroatoms. The zero-order chi connectivity index (χ0) is 11.3. The van der Waals surface area contributed by atoms with Crippen molar-refractivity contribution in [3.63, 3.8) is 0 Å². The highest BCUT2D eigenvalue weighted by atomic mass is 16.5. The Kier molecular flexibility index (Phi) is 4.36. The molecule has 6 nitrogen and oxygen atoms in total. The maximum atomic E-state index is 7.01. The van der Waals surface area contributed by atoms with Gasteiger partial charge in [-0.3, -0.25) is 5.41 Å². The van der Waals surface area contributed by atoms with E-state index in [0.717, 1.165) is 32.5 Å². The van der Waals surface area contributed by atoms with Gasteiger partial charge < -0.3 is 21.1 Å². The van der Waals surface area contributed by atoms with Crippen LogP contribution in [0.15, 0.2) is 4.99 Å². The van der Waals surface area contributed by atoms with Gasteiger partial charge in [0.15, 0.2) is 5.96 Å². The summed E-state index contributed by atoms with van der Waals surface area (Å²) in [4.78, 5) is 5.64. The standard InChI is InChI=1S/C9H19N5O/c1-2-15-7-3-5-14(6-4-7)9(12)13-8(10)11/h7H,2-6H2,1H3,(H5,10,11,12,13). The molecular formula is C9H19N5O. The molecule has 0 aliphatic carbocycles. The summed E-state index contributed by atoms with van der Waals surface area (Å²) in [6.07, 6.45) is 2.22. The number of guanidine groups is 2. The van der Waals surface area contributed by atoms with Gasteiger partial charge in [-0.2, -0.15) is 4.99 Å². The van der Waals surface area contributed by atoms with Gasteiger partial charge in [-0.25, -0.2) is 0 Å². The predicted molar refractivity (Wildman–Crippen MR) is 59.8 cm³/mol. The van der Waals surface area contributed by atoms with E-state index in [1.54, 1.807) is 0 Å². The van der Waals surface area contributed by atoms with E-state index in [-0.39, 0.29) is 5.96 Å². The summed E-state index contributed by atoms with van der Waals surface area (Å²) in [6, 6.07) is 0. The van der Waals surface area contributed by atoms with Crippen molar-refractivity contribution in [1.29, 1.82) is 5.41 Å². The molecule has 0 aromatic carbocycles. The van der Waals surface area contributed by atoms with Crippen LogP contribution in [-0.2, 0) is 4.74 Å². The van der Waals surface area contributed by atoms with Crippen LogP contribution in [0.2, 0.25) is 0 Å². The lowest BCUT2D eigenvalue weighted by Gasteiger charge is -2.32. The van der Waals surface area contributed by atoms with Crippen molar-refractivity contribution in [3.8, 4) is 0 Å². The van der Waals surface area contributed by atoms with Gasteiger partial charge in [-0.05, 0) is 19.8 Å². The molecule has 1 saturated heterocycles. The van der Waals surface area contributed by atoms with E-state index in [4.69, 9.17) is 21.6 Å². The van der Waals surface area contributed by atoms with Crippen LogP contribution in [0.5, 0.6) is 0 Å². The predicted octanol–water partition coefficient (Wildman–Crippen LogP) is -0.305. The normalized spacial score (nSPS) is 19.3. The third-order valence-corrected chi connectivity index (χ3v) is 2.40. The van der Waals surface area contributed by atoms with E-state index in [9.17, 15) is 0 Å². The van der Waals surface area contributed by atoms with Gasteiger partial charge >= 0.3 is 0 Å². The molecule has 1 rings (SSSR count). The second kappa shape index (κ2) is 5.55. The number of aliphatic imine (C=N–C) groups is 1. The second-order valence-electron chi connectivity index (χ2n) is 3.50. The average Bonchev–Trinajstić information content (AvgIpc) is 2.18. The molecule has 1 aliphatic rings. The minimum atomic E-state index is -0.251. The Balaban J connectivity index is 2.40. The molecule has 0 spiro atoms. The molecule has 5 N–H and O–H groups in total. The Hall–Kier alpha value is -1.30. The number of nitrogens with zero attached hydrogens (tertiary/aromatic N) is 2. The first kappa shape index (κ1) is 11.8. The van der Waals surface area contributed by atoms with Gasteiger partial charge in [0, 0.05) is 19.7 Å². The molecule has 0 unspecified atom stereocenters. The SMILES string of the molecule is CCOC1CCN(/C(N)=N/C(=N)N)CC1. The van der Waals surface area contributed by atoms with Crippen molar-refractivity contribution in [2.75, 3.05) is 19.7 Å². The molecule has 0 aromatic heterocycles. The van der Waals surface area contributed by atoms with Crippen LogP contribution in [0.25, 0.3) is 0 Å². The van der Waals surface area contributed by atoms with Crippen molar-refractivity contribution in [2.45, 2.75) is 25.9 Å². The van der Waals surface area contributed by atoms with E-state index in [1.807, 2.05) is 11.8 Å². The van der Waals surface area contributed by atoms with Gasteiger partial charge in [-0.1, -0.05) is 0 Å². The summed E-state index contributed by atoms with van der Waals surface area (Å²) in [5.41, 5.74) is 10.8. The molecule has 0 atom stereocenters. The van der Waals surface area contributed by atoms with Gasteiger partial charge in [0.25, 0.3) is 0 Å². The fourth-order valence-electron chi connectivity index (χ4n) is 1.68. The molecule has 0 bridgehead atoms. The molecule has 15 heavy (non-hydrogen) atoms. The Morgan fingerprint density at radius 3 is 2.53 bits per heavy atom. The average molecular weight is 213 g/mol. The van der Waals surface area contributed by atoms with E-state index >= 15 is 0 Å². The number of nitrogens with one attached hydrogen (secondary N) is 1. The lowest BCUT2D eigenvalue weighted by atomic mass is 10.1. The van der Waals surface area contributed by atoms with Gasteiger partial charge in [0.1, 0.15) is 0 Å². The topological polar surface area (TPSA) is 101 Å². The van der Waals surface area contributed by atoms with Crippen molar-refractivity contribution >= 4 is 11.9 Å². The third kappa shape index (κ3) is 3.75. The highest BCUT2D eigenvalue weighted by molar-refractivity contribution is 5.91. The fraction of sp³-hybridized carbons (Fsp3) is 0.778. The highest BCUT2D eigenvalue weighted by Gasteiger charge is 2.20. The van der Waals surface area contributed by atoms with Crippen LogP contribution >= 0.6 is 0 Å². The number of hydrogen-bond acceptors (Lipinski definition) is 2. The summed E-state index contributed by atoms with van der Waals surface area (Å²) in [5, 5.41) is 7.01. The first-order chi connectivity index (χ1) is 7.13. The Morgan fingerprint density at radius 1 is 1.47 bits per heavy atom. The molecule has 1 aliphatic heterocycles. The summed E-state index contributed by atoms with van der Waals surface area (Å²) in [6.45, 7) is 4.38. The number of piperidine rings is 1. The lowest BCUT2D eigenvalue weighted by molar-refractivity contribution is 0.0268. The lowest BCUT2D eigenvalue weighted by Crippen LogP contribution is -2.45. The van der Waals surface area contributed by atoms with Crippen LogP contribution in [0.4, 0.5) is 0 Å². The quantitative estimate of drug-likeness (QED) is 0.433. The number of hydrogen-bond donors (Lipinski definition) is 3. The van der Waals surface area contributed by atoms with Gasteiger partial charge in [-0.15, -0.1) is 0 Å². The maximum absolute atomic E-state index is 7.01. The van der Waals surface area contributed by atoms with Crippen LogP contribution < -0.4 is 11.5 Å². The number of likely N-dealkylation sites (tertiary alicyclic amines) is 1. The van der Waals surface area contributed by atoms with Crippen LogP contribution in [0.3, 0.4) is 0 Å². The summed E-state index contributed by atoms with van der Waals surface area (Å²) < 4.78 is 5.52. The smallest absolute Gasteiger partial charge is 0.215 e. The van der Waals surface area contributed by atoms with Crippen LogP contribution in [0.1, 0.15) is 19.8 Å². The first-order valence-electron chi connectivity index (χ1n) is 5.18. The Morgan fingerprint density at radius 2 is 2.07 bits per heavy atom. The molecule has 86 valence electrons. The van der Waals surface area contributed by atoms with E-state index < -0.39 is 0 Å². The van der Waals surface area contributed by atoms with E-state index in [1.165, 1.54) is 0 Å². The largest absolute Gasteiger partial charge is 0.378 e. The molecule has 1 fully saturated rings. The molecule has 0 amide bonds. The summed E-state index contributed by atoms with van der Waals surface area (Å²) >= 11 is 0. The molecule has 0 aromatic rings.